The standard InChI is InChI=1S/C9H14N6/c1-8(9-2-3-11-13-9)10-4-6-15-7-5-12-14-15/h2-3,5,7-8,10H,4,6H2,1H3,(H,11,13). The van der Waals surface area contributed by atoms with Crippen LogP contribution >= 0.6 is 0 Å². The molecule has 1 unspecified atom stereocenters. The zero-order chi connectivity index (χ0) is 10.5. The molecule has 1 atom stereocenters. The van der Waals surface area contributed by atoms with E-state index in [-0.39, 0.29) is 6.04 Å². The number of hydrogen-bond donors (Lipinski definition) is 2. The number of hydrogen-bond acceptors (Lipinski definition) is 4. The molecule has 80 valence electrons. The van der Waals surface area contributed by atoms with Crippen LogP contribution in [-0.4, -0.2) is 31.7 Å². The monoisotopic (exact) mass is 206 g/mol. The van der Waals surface area contributed by atoms with E-state index in [1.165, 1.54) is 0 Å². The van der Waals surface area contributed by atoms with Gasteiger partial charge >= 0.3 is 0 Å². The maximum absolute atomic E-state index is 3.91. The van der Waals surface area contributed by atoms with Crippen LogP contribution in [0, 0.1) is 0 Å². The summed E-state index contributed by atoms with van der Waals surface area (Å²) >= 11 is 0. The third-order valence-electron chi connectivity index (χ3n) is 2.25. The quantitative estimate of drug-likeness (QED) is 0.740. The van der Waals surface area contributed by atoms with Crippen molar-refractivity contribution in [2.75, 3.05) is 6.54 Å². The highest BCUT2D eigenvalue weighted by Gasteiger charge is 2.04. The predicted octanol–water partition coefficient (Wildman–Crippen LogP) is 0.352. The Morgan fingerprint density at radius 2 is 2.47 bits per heavy atom. The van der Waals surface area contributed by atoms with E-state index in [9.17, 15) is 0 Å². The predicted molar refractivity (Wildman–Crippen MR) is 55.0 cm³/mol. The molecule has 0 radical (unpaired) electrons. The molecule has 0 amide bonds. The van der Waals surface area contributed by atoms with Gasteiger partial charge in [-0.3, -0.25) is 9.78 Å². The second-order valence-corrected chi connectivity index (χ2v) is 3.35. The minimum Gasteiger partial charge on any atom is -0.307 e. The zero-order valence-electron chi connectivity index (χ0n) is 8.59. The SMILES string of the molecule is CC(NCCn1ccnn1)c1ccn[nH]1. The van der Waals surface area contributed by atoms with Gasteiger partial charge < -0.3 is 5.32 Å². The van der Waals surface area contributed by atoms with E-state index in [1.54, 1.807) is 17.1 Å². The Morgan fingerprint density at radius 1 is 1.53 bits per heavy atom. The lowest BCUT2D eigenvalue weighted by molar-refractivity contribution is 0.493. The number of nitrogens with one attached hydrogen (secondary N) is 2. The molecule has 6 nitrogen and oxygen atoms in total. The Bertz CT molecular complexity index is 365. The van der Waals surface area contributed by atoms with Crippen LogP contribution in [0.2, 0.25) is 0 Å². The largest absolute Gasteiger partial charge is 0.307 e. The molecule has 0 spiro atoms. The summed E-state index contributed by atoms with van der Waals surface area (Å²) in [6.07, 6.45) is 5.28. The Hall–Kier alpha value is -1.69. The smallest absolute Gasteiger partial charge is 0.0692 e. The summed E-state index contributed by atoms with van der Waals surface area (Å²) in [6.45, 7) is 3.76. The van der Waals surface area contributed by atoms with Gasteiger partial charge in [0.05, 0.1) is 18.4 Å². The number of aromatic amines is 1. The fraction of sp³-hybridized carbons (Fsp3) is 0.444. The average Bonchev–Trinajstić information content (AvgIpc) is 2.90. The van der Waals surface area contributed by atoms with Crippen molar-refractivity contribution in [3.8, 4) is 0 Å². The normalized spacial score (nSPS) is 12.9. The van der Waals surface area contributed by atoms with E-state index in [1.807, 2.05) is 12.3 Å². The molecule has 6 heteroatoms. The first-order chi connectivity index (χ1) is 7.36. The van der Waals surface area contributed by atoms with Crippen molar-refractivity contribution in [1.29, 1.82) is 0 Å². The fourth-order valence-corrected chi connectivity index (χ4v) is 1.37. The minimum atomic E-state index is 0.274. The van der Waals surface area contributed by atoms with Crippen LogP contribution in [0.3, 0.4) is 0 Å². The van der Waals surface area contributed by atoms with Crippen LogP contribution in [0.25, 0.3) is 0 Å². The average molecular weight is 206 g/mol. The Balaban J connectivity index is 1.74. The van der Waals surface area contributed by atoms with Gasteiger partial charge in [0.15, 0.2) is 0 Å². The van der Waals surface area contributed by atoms with E-state index in [2.05, 4.69) is 32.7 Å². The molecule has 2 aromatic rings. The van der Waals surface area contributed by atoms with Gasteiger partial charge in [-0.2, -0.15) is 5.10 Å². The number of aromatic nitrogens is 5. The maximum atomic E-state index is 3.91. The molecular weight excluding hydrogens is 192 g/mol. The molecule has 2 N–H and O–H groups in total. The molecule has 0 fully saturated rings. The van der Waals surface area contributed by atoms with Gasteiger partial charge in [0.2, 0.25) is 0 Å². The molecule has 0 aliphatic heterocycles. The number of nitrogens with zero attached hydrogens (tertiary/aromatic N) is 4. The van der Waals surface area contributed by atoms with Crippen molar-refractivity contribution >= 4 is 0 Å². The van der Waals surface area contributed by atoms with Crippen molar-refractivity contribution in [1.82, 2.24) is 30.5 Å². The molecule has 0 aliphatic rings. The van der Waals surface area contributed by atoms with Gasteiger partial charge in [-0.1, -0.05) is 5.21 Å². The van der Waals surface area contributed by atoms with Gasteiger partial charge in [0.1, 0.15) is 0 Å². The lowest BCUT2D eigenvalue weighted by Crippen LogP contribution is -2.23. The van der Waals surface area contributed by atoms with Crippen LogP contribution in [0.1, 0.15) is 18.7 Å². The molecule has 0 saturated carbocycles. The molecular formula is C9H14N6. The molecule has 2 heterocycles. The number of H-pyrrole nitrogens is 1. The molecule has 15 heavy (non-hydrogen) atoms. The van der Waals surface area contributed by atoms with Crippen LogP contribution < -0.4 is 5.32 Å². The number of rotatable bonds is 5. The van der Waals surface area contributed by atoms with Crippen molar-refractivity contribution < 1.29 is 0 Å². The van der Waals surface area contributed by atoms with Gasteiger partial charge in [-0.05, 0) is 13.0 Å². The summed E-state index contributed by atoms with van der Waals surface area (Å²) in [6, 6.07) is 2.24. The van der Waals surface area contributed by atoms with Crippen LogP contribution in [0.5, 0.6) is 0 Å². The Labute approximate surface area is 87.7 Å². The highest BCUT2D eigenvalue weighted by Crippen LogP contribution is 2.06. The van der Waals surface area contributed by atoms with Gasteiger partial charge in [0, 0.05) is 25.0 Å². The second kappa shape index (κ2) is 4.70. The fourth-order valence-electron chi connectivity index (χ4n) is 1.37. The first kappa shape index (κ1) is 9.85. The molecule has 0 aromatic carbocycles. The molecule has 2 aromatic heterocycles. The first-order valence-electron chi connectivity index (χ1n) is 4.93. The molecule has 0 aliphatic carbocycles. The van der Waals surface area contributed by atoms with Crippen LogP contribution in [-0.2, 0) is 6.54 Å². The highest BCUT2D eigenvalue weighted by molar-refractivity contribution is 5.02. The lowest BCUT2D eigenvalue weighted by atomic mass is 10.2. The lowest BCUT2D eigenvalue weighted by Gasteiger charge is -2.11. The first-order valence-corrected chi connectivity index (χ1v) is 4.93. The van der Waals surface area contributed by atoms with Gasteiger partial charge in [0.25, 0.3) is 0 Å². The van der Waals surface area contributed by atoms with Crippen molar-refractivity contribution in [3.63, 3.8) is 0 Å². The van der Waals surface area contributed by atoms with Crippen molar-refractivity contribution in [3.05, 3.63) is 30.4 Å². The van der Waals surface area contributed by atoms with E-state index in [0.717, 1.165) is 18.8 Å². The van der Waals surface area contributed by atoms with E-state index < -0.39 is 0 Å². The summed E-state index contributed by atoms with van der Waals surface area (Å²) < 4.78 is 1.80. The Kier molecular flexibility index (Phi) is 3.08. The van der Waals surface area contributed by atoms with Crippen molar-refractivity contribution in [2.45, 2.75) is 19.5 Å². The third-order valence-corrected chi connectivity index (χ3v) is 2.25. The van der Waals surface area contributed by atoms with E-state index in [4.69, 9.17) is 0 Å². The highest BCUT2D eigenvalue weighted by atomic mass is 15.4. The zero-order valence-corrected chi connectivity index (χ0v) is 8.59. The minimum absolute atomic E-state index is 0.274. The van der Waals surface area contributed by atoms with E-state index in [0.29, 0.717) is 0 Å². The summed E-state index contributed by atoms with van der Waals surface area (Å²) in [5.74, 6) is 0. The second-order valence-electron chi connectivity index (χ2n) is 3.35. The molecule has 0 saturated heterocycles. The molecule has 2 rings (SSSR count). The van der Waals surface area contributed by atoms with E-state index >= 15 is 0 Å². The topological polar surface area (TPSA) is 71.4 Å². The van der Waals surface area contributed by atoms with Crippen LogP contribution in [0.15, 0.2) is 24.7 Å². The van der Waals surface area contributed by atoms with Gasteiger partial charge in [-0.25, -0.2) is 0 Å². The van der Waals surface area contributed by atoms with Gasteiger partial charge in [-0.15, -0.1) is 5.10 Å². The maximum Gasteiger partial charge on any atom is 0.0692 e. The van der Waals surface area contributed by atoms with Crippen molar-refractivity contribution in [2.24, 2.45) is 0 Å². The third kappa shape index (κ3) is 2.63. The summed E-state index contributed by atoms with van der Waals surface area (Å²) in [4.78, 5) is 0. The molecule has 0 bridgehead atoms. The van der Waals surface area contributed by atoms with Crippen LogP contribution in [0.4, 0.5) is 0 Å². The summed E-state index contributed by atoms with van der Waals surface area (Å²) in [5, 5.41) is 17.8. The summed E-state index contributed by atoms with van der Waals surface area (Å²) in [5.41, 5.74) is 1.09. The summed E-state index contributed by atoms with van der Waals surface area (Å²) in [7, 11) is 0. The Morgan fingerprint density at radius 3 is 3.13 bits per heavy atom.